The third kappa shape index (κ3) is 3.17. The van der Waals surface area contributed by atoms with E-state index in [1.165, 1.54) is 0 Å². The molecule has 0 radical (unpaired) electrons. The first-order valence-electron chi connectivity index (χ1n) is 8.86. The van der Waals surface area contributed by atoms with Gasteiger partial charge in [0.1, 0.15) is 11.3 Å². The Hall–Kier alpha value is -1.89. The zero-order valence-electron chi connectivity index (χ0n) is 14.4. The fraction of sp³-hybridized carbons (Fsp3) is 0.526. The number of nitrogens with zero attached hydrogens (tertiary/aromatic N) is 1. The number of benzene rings is 1. The van der Waals surface area contributed by atoms with Crippen molar-refractivity contribution in [2.24, 2.45) is 0 Å². The summed E-state index contributed by atoms with van der Waals surface area (Å²) in [7, 11) is 0. The van der Waals surface area contributed by atoms with E-state index in [9.17, 15) is 9.90 Å². The van der Waals surface area contributed by atoms with E-state index in [1.54, 1.807) is 19.1 Å². The van der Waals surface area contributed by atoms with Crippen LogP contribution in [0.5, 0.6) is 5.75 Å². The minimum absolute atomic E-state index is 0.136. The van der Waals surface area contributed by atoms with Gasteiger partial charge >= 0.3 is 5.63 Å². The average molecular weight is 345 g/mol. The highest BCUT2D eigenvalue weighted by Crippen LogP contribution is 2.30. The summed E-state index contributed by atoms with van der Waals surface area (Å²) in [6.07, 6.45) is 3.14. The highest BCUT2D eigenvalue weighted by atomic mass is 16.7. The molecular weight excluding hydrogens is 322 g/mol. The molecular formula is C19H23NO5. The van der Waals surface area contributed by atoms with Gasteiger partial charge in [0.15, 0.2) is 6.29 Å². The van der Waals surface area contributed by atoms with Crippen molar-refractivity contribution in [1.29, 1.82) is 0 Å². The van der Waals surface area contributed by atoms with Crippen LogP contribution in [-0.4, -0.2) is 42.1 Å². The molecule has 6 nitrogen and oxygen atoms in total. The summed E-state index contributed by atoms with van der Waals surface area (Å²) in [4.78, 5) is 14.4. The molecule has 134 valence electrons. The van der Waals surface area contributed by atoms with Crippen LogP contribution in [0.3, 0.4) is 0 Å². The van der Waals surface area contributed by atoms with Crippen LogP contribution < -0.4 is 5.63 Å². The summed E-state index contributed by atoms with van der Waals surface area (Å²) in [5.41, 5.74) is 1.58. The molecule has 2 fully saturated rings. The summed E-state index contributed by atoms with van der Waals surface area (Å²) in [6, 6.07) is 5.23. The van der Waals surface area contributed by atoms with Crippen LogP contribution in [0.1, 0.15) is 30.4 Å². The SMILES string of the molecule is Cc1c(O)ccc2c(CN3CCCC[C@@H]3C3OCCO3)cc(=O)oc12. The monoisotopic (exact) mass is 345 g/mol. The lowest BCUT2D eigenvalue weighted by atomic mass is 9.99. The van der Waals surface area contributed by atoms with Gasteiger partial charge in [-0.2, -0.15) is 0 Å². The Bertz CT molecular complexity index is 824. The lowest BCUT2D eigenvalue weighted by Gasteiger charge is -2.38. The number of likely N-dealkylation sites (tertiary alicyclic amines) is 1. The Morgan fingerprint density at radius 1 is 1.24 bits per heavy atom. The van der Waals surface area contributed by atoms with Crippen LogP contribution in [0, 0.1) is 6.92 Å². The zero-order valence-corrected chi connectivity index (χ0v) is 14.4. The second kappa shape index (κ2) is 6.78. The van der Waals surface area contributed by atoms with Crippen molar-refractivity contribution in [2.75, 3.05) is 19.8 Å². The summed E-state index contributed by atoms with van der Waals surface area (Å²) in [5, 5.41) is 10.8. The number of aryl methyl sites for hydroxylation is 1. The summed E-state index contributed by atoms with van der Waals surface area (Å²) in [6.45, 7) is 4.64. The van der Waals surface area contributed by atoms with Crippen molar-refractivity contribution in [1.82, 2.24) is 4.90 Å². The third-order valence-electron chi connectivity index (χ3n) is 5.22. The molecule has 1 aromatic heterocycles. The maximum absolute atomic E-state index is 12.0. The molecule has 0 saturated carbocycles. The number of fused-ring (bicyclic) bond motifs is 1. The van der Waals surface area contributed by atoms with Gasteiger partial charge in [-0.15, -0.1) is 0 Å². The second-order valence-corrected chi connectivity index (χ2v) is 6.82. The van der Waals surface area contributed by atoms with E-state index < -0.39 is 5.63 Å². The molecule has 1 aromatic carbocycles. The molecule has 0 spiro atoms. The standard InChI is InChI=1S/C19H23NO5/c1-12-16(21)6-5-14-13(10-17(22)25-18(12)14)11-20-7-3-2-4-15(20)19-23-8-9-24-19/h5-6,10,15,19,21H,2-4,7-9,11H2,1H3/t15-/m1/s1. The molecule has 0 amide bonds. The summed E-state index contributed by atoms with van der Waals surface area (Å²) in [5.74, 6) is 0.136. The largest absolute Gasteiger partial charge is 0.508 e. The summed E-state index contributed by atoms with van der Waals surface area (Å²) < 4.78 is 16.8. The fourth-order valence-corrected chi connectivity index (χ4v) is 3.89. The summed E-state index contributed by atoms with van der Waals surface area (Å²) >= 11 is 0. The molecule has 2 aromatic rings. The van der Waals surface area contributed by atoms with Crippen LogP contribution in [0.2, 0.25) is 0 Å². The second-order valence-electron chi connectivity index (χ2n) is 6.82. The first-order valence-corrected chi connectivity index (χ1v) is 8.86. The van der Waals surface area contributed by atoms with Crippen LogP contribution in [-0.2, 0) is 16.0 Å². The number of phenolic OH excluding ortho intramolecular Hbond substituents is 1. The smallest absolute Gasteiger partial charge is 0.336 e. The molecule has 2 aliphatic rings. The topological polar surface area (TPSA) is 72.1 Å². The van der Waals surface area contributed by atoms with E-state index in [2.05, 4.69) is 4.90 Å². The number of ether oxygens (including phenoxy) is 2. The molecule has 2 saturated heterocycles. The number of piperidine rings is 1. The van der Waals surface area contributed by atoms with Crippen molar-refractivity contribution >= 4 is 11.0 Å². The van der Waals surface area contributed by atoms with Gasteiger partial charge in [0.05, 0.1) is 19.3 Å². The molecule has 25 heavy (non-hydrogen) atoms. The quantitative estimate of drug-likeness (QED) is 0.862. The Morgan fingerprint density at radius 3 is 2.84 bits per heavy atom. The predicted octanol–water partition coefficient (Wildman–Crippen LogP) is 2.53. The Balaban J connectivity index is 1.69. The van der Waals surface area contributed by atoms with Gasteiger partial charge in [-0.05, 0) is 44.0 Å². The van der Waals surface area contributed by atoms with Crippen molar-refractivity contribution in [2.45, 2.75) is 45.1 Å². The molecule has 3 heterocycles. The van der Waals surface area contributed by atoms with Crippen LogP contribution in [0.4, 0.5) is 0 Å². The van der Waals surface area contributed by atoms with Crippen molar-refractivity contribution in [3.8, 4) is 5.75 Å². The zero-order chi connectivity index (χ0) is 17.4. The minimum Gasteiger partial charge on any atom is -0.508 e. The maximum atomic E-state index is 12.0. The number of rotatable bonds is 3. The number of hydrogen-bond acceptors (Lipinski definition) is 6. The van der Waals surface area contributed by atoms with Crippen LogP contribution >= 0.6 is 0 Å². The Labute approximate surface area is 145 Å². The maximum Gasteiger partial charge on any atom is 0.336 e. The van der Waals surface area contributed by atoms with Gasteiger partial charge in [0, 0.05) is 23.6 Å². The van der Waals surface area contributed by atoms with Crippen molar-refractivity contribution in [3.05, 3.63) is 39.7 Å². The predicted molar refractivity (Wildman–Crippen MR) is 92.6 cm³/mol. The van der Waals surface area contributed by atoms with E-state index >= 15 is 0 Å². The van der Waals surface area contributed by atoms with Gasteiger partial charge in [0.2, 0.25) is 0 Å². The molecule has 1 N–H and O–H groups in total. The molecule has 1 atom stereocenters. The van der Waals surface area contributed by atoms with Crippen molar-refractivity contribution < 1.29 is 19.0 Å². The fourth-order valence-electron chi connectivity index (χ4n) is 3.89. The molecule has 4 rings (SSSR count). The molecule has 2 aliphatic heterocycles. The van der Waals surface area contributed by atoms with Gasteiger partial charge < -0.3 is 19.0 Å². The van der Waals surface area contributed by atoms with Gasteiger partial charge in [-0.3, -0.25) is 4.90 Å². The first kappa shape index (κ1) is 16.6. The van der Waals surface area contributed by atoms with Crippen molar-refractivity contribution in [3.63, 3.8) is 0 Å². The highest BCUT2D eigenvalue weighted by Gasteiger charge is 2.34. The number of aromatic hydroxyl groups is 1. The van der Waals surface area contributed by atoms with E-state index in [0.717, 1.165) is 36.8 Å². The average Bonchev–Trinajstić information content (AvgIpc) is 3.13. The van der Waals surface area contributed by atoms with Gasteiger partial charge in [0.25, 0.3) is 0 Å². The third-order valence-corrected chi connectivity index (χ3v) is 5.22. The Kier molecular flexibility index (Phi) is 4.50. The molecule has 0 bridgehead atoms. The number of phenols is 1. The lowest BCUT2D eigenvalue weighted by molar-refractivity contribution is -0.111. The molecule has 6 heteroatoms. The van der Waals surface area contributed by atoms with E-state index in [0.29, 0.717) is 30.9 Å². The van der Waals surface area contributed by atoms with E-state index in [1.807, 2.05) is 6.07 Å². The highest BCUT2D eigenvalue weighted by molar-refractivity contribution is 5.84. The molecule has 0 unspecified atom stereocenters. The number of hydrogen-bond donors (Lipinski definition) is 1. The first-order chi connectivity index (χ1) is 12.1. The van der Waals surface area contributed by atoms with Gasteiger partial charge in [-0.1, -0.05) is 6.42 Å². The van der Waals surface area contributed by atoms with Crippen LogP contribution in [0.25, 0.3) is 11.0 Å². The lowest BCUT2D eigenvalue weighted by Crippen LogP contribution is -2.46. The minimum atomic E-state index is -0.391. The van der Waals surface area contributed by atoms with E-state index in [-0.39, 0.29) is 18.1 Å². The Morgan fingerprint density at radius 2 is 2.04 bits per heavy atom. The van der Waals surface area contributed by atoms with Crippen LogP contribution in [0.15, 0.2) is 27.4 Å². The van der Waals surface area contributed by atoms with Gasteiger partial charge in [-0.25, -0.2) is 4.79 Å². The van der Waals surface area contributed by atoms with E-state index in [4.69, 9.17) is 13.9 Å². The normalized spacial score (nSPS) is 22.7. The molecule has 0 aliphatic carbocycles.